The third kappa shape index (κ3) is 3.78. The number of hydrogen-bond acceptors (Lipinski definition) is 3. The Balaban J connectivity index is 2.75. The fourth-order valence-corrected chi connectivity index (χ4v) is 1.44. The molecule has 0 saturated heterocycles. The minimum absolute atomic E-state index is 0.224. The molecule has 1 amide bonds. The average Bonchev–Trinajstić information content (AvgIpc) is 2.31. The third-order valence-corrected chi connectivity index (χ3v) is 2.59. The summed E-state index contributed by atoms with van der Waals surface area (Å²) in [6, 6.07) is 7.00. The van der Waals surface area contributed by atoms with Gasteiger partial charge in [0.2, 0.25) is 5.76 Å². The van der Waals surface area contributed by atoms with Crippen LogP contribution in [0.4, 0.5) is 0 Å². The van der Waals surface area contributed by atoms with Crippen LogP contribution in [0.5, 0.6) is 0 Å². The highest BCUT2D eigenvalue weighted by Crippen LogP contribution is 2.16. The topological polar surface area (TPSA) is 77.8 Å². The molecule has 0 radical (unpaired) electrons. The lowest BCUT2D eigenvalue weighted by Gasteiger charge is -2.16. The van der Waals surface area contributed by atoms with Gasteiger partial charge in [-0.25, -0.2) is 4.79 Å². The van der Waals surface area contributed by atoms with E-state index in [1.54, 1.807) is 24.3 Å². The van der Waals surface area contributed by atoms with Crippen LogP contribution in [0.3, 0.4) is 0 Å². The second kappa shape index (κ2) is 6.07. The molecule has 0 aliphatic carbocycles. The largest absolute Gasteiger partial charge is 0.502 e. The number of carboxylic acid groups (broad SMARTS) is 1. The van der Waals surface area contributed by atoms with E-state index in [9.17, 15) is 9.59 Å². The number of aliphatic carboxylic acids is 1. The molecular weight excluding hydrogens is 258 g/mol. The average molecular weight is 270 g/mol. The summed E-state index contributed by atoms with van der Waals surface area (Å²) in [5.74, 6) is -3.16. The van der Waals surface area contributed by atoms with Crippen LogP contribution in [0, 0.1) is 0 Å². The molecule has 0 aliphatic rings. The number of hydrogen-bond donors (Lipinski definition) is 2. The van der Waals surface area contributed by atoms with Crippen molar-refractivity contribution in [2.24, 2.45) is 0 Å². The number of halogens is 1. The highest BCUT2D eigenvalue weighted by Gasteiger charge is 2.12. The van der Waals surface area contributed by atoms with E-state index in [1.165, 1.54) is 11.9 Å². The molecule has 5 nitrogen and oxygen atoms in total. The number of aliphatic hydroxyl groups excluding tert-OH is 1. The first-order valence-electron chi connectivity index (χ1n) is 5.04. The second-order valence-corrected chi connectivity index (χ2v) is 4.03. The SMILES string of the molecule is CN(Cc1ccccc1Cl)C(=O)C=C(O)C(=O)O. The molecule has 2 N–H and O–H groups in total. The number of benzene rings is 1. The molecule has 1 aromatic carbocycles. The Labute approximate surface area is 109 Å². The summed E-state index contributed by atoms with van der Waals surface area (Å²) in [6.45, 7) is 0.224. The van der Waals surface area contributed by atoms with E-state index in [1.807, 2.05) is 0 Å². The maximum atomic E-state index is 11.6. The van der Waals surface area contributed by atoms with Crippen LogP contribution in [0.2, 0.25) is 5.02 Å². The third-order valence-electron chi connectivity index (χ3n) is 2.22. The van der Waals surface area contributed by atoms with Crippen molar-refractivity contribution in [3.63, 3.8) is 0 Å². The van der Waals surface area contributed by atoms with Crippen molar-refractivity contribution in [2.45, 2.75) is 6.54 Å². The molecular formula is C12H12ClNO4. The Hall–Kier alpha value is -2.01. The molecule has 0 heterocycles. The Morgan fingerprint density at radius 3 is 2.50 bits per heavy atom. The maximum Gasteiger partial charge on any atom is 0.371 e. The number of carbonyl (C=O) groups excluding carboxylic acids is 1. The van der Waals surface area contributed by atoms with Crippen LogP contribution in [-0.2, 0) is 16.1 Å². The van der Waals surface area contributed by atoms with E-state index in [-0.39, 0.29) is 6.54 Å². The molecule has 0 saturated carbocycles. The lowest BCUT2D eigenvalue weighted by molar-refractivity contribution is -0.136. The van der Waals surface area contributed by atoms with Crippen molar-refractivity contribution in [2.75, 3.05) is 7.05 Å². The highest BCUT2D eigenvalue weighted by molar-refractivity contribution is 6.31. The first kappa shape index (κ1) is 14.1. The minimum Gasteiger partial charge on any atom is -0.502 e. The Bertz CT molecular complexity index is 499. The fourth-order valence-electron chi connectivity index (χ4n) is 1.25. The summed E-state index contributed by atoms with van der Waals surface area (Å²) in [5.41, 5.74) is 0.734. The molecule has 1 rings (SSSR count). The van der Waals surface area contributed by atoms with Crippen molar-refractivity contribution in [1.82, 2.24) is 4.90 Å². The number of likely N-dealkylation sites (N-methyl/N-ethyl adjacent to an activating group) is 1. The van der Waals surface area contributed by atoms with Crippen LogP contribution < -0.4 is 0 Å². The summed E-state index contributed by atoms with van der Waals surface area (Å²) in [7, 11) is 1.48. The normalized spacial score (nSPS) is 11.1. The lowest BCUT2D eigenvalue weighted by Crippen LogP contribution is -2.25. The molecule has 0 aromatic heterocycles. The van der Waals surface area contributed by atoms with E-state index in [2.05, 4.69) is 0 Å². The van der Waals surface area contributed by atoms with Crippen molar-refractivity contribution in [3.05, 3.63) is 46.7 Å². The summed E-state index contributed by atoms with van der Waals surface area (Å²) in [5, 5.41) is 17.9. The van der Waals surface area contributed by atoms with E-state index >= 15 is 0 Å². The molecule has 0 atom stereocenters. The van der Waals surface area contributed by atoms with Crippen molar-refractivity contribution in [1.29, 1.82) is 0 Å². The number of carboxylic acids is 1. The number of rotatable bonds is 4. The Morgan fingerprint density at radius 2 is 1.94 bits per heavy atom. The van der Waals surface area contributed by atoms with Gasteiger partial charge in [-0.3, -0.25) is 4.79 Å². The second-order valence-electron chi connectivity index (χ2n) is 3.62. The minimum atomic E-state index is -1.55. The van der Waals surface area contributed by atoms with Crippen LogP contribution >= 0.6 is 11.6 Å². The maximum absolute atomic E-state index is 11.6. The summed E-state index contributed by atoms with van der Waals surface area (Å²) in [6.07, 6.45) is 0.652. The summed E-state index contributed by atoms with van der Waals surface area (Å²) in [4.78, 5) is 23.2. The predicted octanol–water partition coefficient (Wildman–Crippen LogP) is 1.82. The highest BCUT2D eigenvalue weighted by atomic mass is 35.5. The summed E-state index contributed by atoms with van der Waals surface area (Å²) >= 11 is 5.93. The van der Waals surface area contributed by atoms with Gasteiger partial charge in [-0.2, -0.15) is 0 Å². The zero-order chi connectivity index (χ0) is 13.7. The number of amides is 1. The Morgan fingerprint density at radius 1 is 1.33 bits per heavy atom. The molecule has 0 fully saturated rings. The number of carbonyl (C=O) groups is 2. The molecule has 1 aromatic rings. The van der Waals surface area contributed by atoms with Crippen molar-refractivity contribution < 1.29 is 19.8 Å². The fraction of sp³-hybridized carbons (Fsp3) is 0.167. The van der Waals surface area contributed by atoms with Gasteiger partial charge in [0.25, 0.3) is 5.91 Å². The molecule has 6 heteroatoms. The van der Waals surface area contributed by atoms with Crippen LogP contribution in [0.15, 0.2) is 36.1 Å². The van der Waals surface area contributed by atoms with Gasteiger partial charge >= 0.3 is 5.97 Å². The van der Waals surface area contributed by atoms with Gasteiger partial charge in [0.05, 0.1) is 6.08 Å². The van der Waals surface area contributed by atoms with E-state index in [4.69, 9.17) is 21.8 Å². The van der Waals surface area contributed by atoms with E-state index < -0.39 is 17.6 Å². The molecule has 0 spiro atoms. The lowest BCUT2D eigenvalue weighted by atomic mass is 10.2. The van der Waals surface area contributed by atoms with Gasteiger partial charge in [0.15, 0.2) is 0 Å². The van der Waals surface area contributed by atoms with Crippen molar-refractivity contribution >= 4 is 23.5 Å². The predicted molar refractivity (Wildman–Crippen MR) is 66.3 cm³/mol. The first-order valence-corrected chi connectivity index (χ1v) is 5.42. The van der Waals surface area contributed by atoms with Gasteiger partial charge in [-0.05, 0) is 11.6 Å². The quantitative estimate of drug-likeness (QED) is 0.646. The van der Waals surface area contributed by atoms with Gasteiger partial charge in [-0.1, -0.05) is 29.8 Å². The zero-order valence-electron chi connectivity index (χ0n) is 9.63. The van der Waals surface area contributed by atoms with Gasteiger partial charge < -0.3 is 15.1 Å². The standard InChI is InChI=1S/C12H12ClNO4/c1-14(11(16)6-10(15)12(17)18)7-8-4-2-3-5-9(8)13/h2-6,15H,7H2,1H3,(H,17,18). The van der Waals surface area contributed by atoms with Crippen LogP contribution in [-0.4, -0.2) is 34.0 Å². The zero-order valence-corrected chi connectivity index (χ0v) is 10.4. The van der Waals surface area contributed by atoms with Gasteiger partial charge in [0.1, 0.15) is 0 Å². The molecule has 0 bridgehead atoms. The van der Waals surface area contributed by atoms with Gasteiger partial charge in [-0.15, -0.1) is 0 Å². The molecule has 96 valence electrons. The monoisotopic (exact) mass is 269 g/mol. The smallest absolute Gasteiger partial charge is 0.371 e. The Kier molecular flexibility index (Phi) is 4.74. The summed E-state index contributed by atoms with van der Waals surface area (Å²) < 4.78 is 0. The number of nitrogens with zero attached hydrogens (tertiary/aromatic N) is 1. The molecule has 0 unspecified atom stereocenters. The van der Waals surface area contributed by atoms with E-state index in [0.29, 0.717) is 11.1 Å². The van der Waals surface area contributed by atoms with E-state index in [0.717, 1.165) is 5.56 Å². The van der Waals surface area contributed by atoms with Crippen LogP contribution in [0.25, 0.3) is 0 Å². The van der Waals surface area contributed by atoms with Gasteiger partial charge in [0, 0.05) is 18.6 Å². The van der Waals surface area contributed by atoms with Crippen molar-refractivity contribution in [3.8, 4) is 0 Å². The number of aliphatic hydroxyl groups is 1. The molecule has 18 heavy (non-hydrogen) atoms. The molecule has 0 aliphatic heterocycles. The van der Waals surface area contributed by atoms with Crippen LogP contribution in [0.1, 0.15) is 5.56 Å². The first-order chi connectivity index (χ1) is 8.41.